The van der Waals surface area contributed by atoms with E-state index < -0.39 is 6.03 Å². The van der Waals surface area contributed by atoms with Crippen molar-refractivity contribution in [2.45, 2.75) is 0 Å². The maximum absolute atomic E-state index is 10.4. The lowest BCUT2D eigenvalue weighted by molar-refractivity contribution is 0.253. The molecule has 0 aliphatic carbocycles. The van der Waals surface area contributed by atoms with Crippen molar-refractivity contribution in [2.24, 2.45) is 5.73 Å². The first-order valence-electron chi connectivity index (χ1n) is 4.18. The third-order valence-electron chi connectivity index (χ3n) is 1.61. The van der Waals surface area contributed by atoms with Gasteiger partial charge in [0, 0.05) is 5.69 Å². The summed E-state index contributed by atoms with van der Waals surface area (Å²) >= 11 is 0. The van der Waals surface area contributed by atoms with Crippen LogP contribution in [0.3, 0.4) is 0 Å². The van der Waals surface area contributed by atoms with Gasteiger partial charge in [0.25, 0.3) is 0 Å². The molecular weight excluding hydrogens is 196 g/mol. The van der Waals surface area contributed by atoms with Crippen LogP contribution in [0.15, 0.2) is 24.3 Å². The lowest BCUT2D eigenvalue weighted by Crippen LogP contribution is -2.38. The third kappa shape index (κ3) is 3.55. The van der Waals surface area contributed by atoms with Gasteiger partial charge < -0.3 is 15.8 Å². The molecule has 0 saturated carbocycles. The highest BCUT2D eigenvalue weighted by Gasteiger charge is 1.99. The summed E-state index contributed by atoms with van der Waals surface area (Å²) < 4.78 is 4.97. The monoisotopic (exact) mass is 208 g/mol. The zero-order valence-electron chi connectivity index (χ0n) is 8.20. The molecule has 80 valence electrons. The number of urea groups is 1. The molecule has 15 heavy (non-hydrogen) atoms. The minimum absolute atomic E-state index is 0.173. The first-order valence-corrected chi connectivity index (χ1v) is 4.18. The maximum Gasteiger partial charge on any atom is 0.318 e. The Morgan fingerprint density at radius 1 is 1.40 bits per heavy atom. The van der Waals surface area contributed by atoms with Gasteiger partial charge in [-0.3, -0.25) is 10.7 Å². The molecule has 0 spiro atoms. The Hall–Kier alpha value is -2.24. The number of hydrogen-bond acceptors (Lipinski definition) is 3. The molecule has 0 aromatic heterocycles. The molecule has 0 fully saturated rings. The second-order valence-corrected chi connectivity index (χ2v) is 2.72. The third-order valence-corrected chi connectivity index (χ3v) is 1.61. The van der Waals surface area contributed by atoms with Gasteiger partial charge in [-0.25, -0.2) is 4.79 Å². The van der Waals surface area contributed by atoms with E-state index >= 15 is 0 Å². The average Bonchev–Trinajstić information content (AvgIpc) is 2.17. The van der Waals surface area contributed by atoms with E-state index in [2.05, 4.69) is 10.6 Å². The van der Waals surface area contributed by atoms with E-state index in [9.17, 15) is 4.79 Å². The van der Waals surface area contributed by atoms with Crippen LogP contribution in [0.5, 0.6) is 5.75 Å². The molecule has 0 heterocycles. The zero-order chi connectivity index (χ0) is 11.3. The van der Waals surface area contributed by atoms with Crippen molar-refractivity contribution >= 4 is 17.7 Å². The van der Waals surface area contributed by atoms with Crippen LogP contribution >= 0.6 is 0 Å². The lowest BCUT2D eigenvalue weighted by Gasteiger charge is -2.07. The number of anilines is 1. The van der Waals surface area contributed by atoms with Gasteiger partial charge in [0.2, 0.25) is 5.96 Å². The van der Waals surface area contributed by atoms with Crippen LogP contribution in [0.4, 0.5) is 10.5 Å². The second-order valence-electron chi connectivity index (χ2n) is 2.72. The summed E-state index contributed by atoms with van der Waals surface area (Å²) in [7, 11) is 1.57. The van der Waals surface area contributed by atoms with Crippen LogP contribution in [0, 0.1) is 5.41 Å². The van der Waals surface area contributed by atoms with Crippen LogP contribution in [0.1, 0.15) is 0 Å². The second kappa shape index (κ2) is 4.85. The van der Waals surface area contributed by atoms with E-state index in [1.807, 2.05) is 0 Å². The Labute approximate surface area is 86.9 Å². The van der Waals surface area contributed by atoms with Gasteiger partial charge >= 0.3 is 6.03 Å². The van der Waals surface area contributed by atoms with E-state index in [4.69, 9.17) is 15.9 Å². The van der Waals surface area contributed by atoms with Gasteiger partial charge in [-0.2, -0.15) is 0 Å². The van der Waals surface area contributed by atoms with Gasteiger partial charge in [0.05, 0.1) is 7.11 Å². The number of guanidine groups is 1. The van der Waals surface area contributed by atoms with Crippen LogP contribution < -0.4 is 21.1 Å². The fourth-order valence-corrected chi connectivity index (χ4v) is 0.973. The average molecular weight is 208 g/mol. The molecule has 0 radical (unpaired) electrons. The molecule has 0 aliphatic heterocycles. The summed E-state index contributed by atoms with van der Waals surface area (Å²) in [5.41, 5.74) is 5.50. The number of methoxy groups -OCH3 is 1. The van der Waals surface area contributed by atoms with Gasteiger partial charge in [-0.05, 0) is 24.3 Å². The summed E-state index contributed by atoms with van der Waals surface area (Å²) in [6.45, 7) is 0. The number of amides is 2. The molecule has 0 bridgehead atoms. The highest BCUT2D eigenvalue weighted by atomic mass is 16.5. The fourth-order valence-electron chi connectivity index (χ4n) is 0.973. The smallest absolute Gasteiger partial charge is 0.318 e. The maximum atomic E-state index is 10.4. The Bertz CT molecular complexity index is 361. The molecule has 6 heteroatoms. The predicted molar refractivity (Wildman–Crippen MR) is 57.1 cm³/mol. The molecule has 5 N–H and O–H groups in total. The van der Waals surface area contributed by atoms with E-state index in [-0.39, 0.29) is 5.96 Å². The quantitative estimate of drug-likeness (QED) is 0.425. The highest BCUT2D eigenvalue weighted by Crippen LogP contribution is 2.14. The van der Waals surface area contributed by atoms with Crippen LogP contribution in [0.25, 0.3) is 0 Å². The summed E-state index contributed by atoms with van der Waals surface area (Å²) in [5, 5.41) is 12.0. The van der Waals surface area contributed by atoms with Crippen molar-refractivity contribution in [3.63, 3.8) is 0 Å². The molecule has 0 unspecified atom stereocenters. The number of nitrogens with one attached hydrogen (secondary N) is 3. The standard InChI is InChI=1S/C9H12N4O2/c1-15-7-4-2-6(3-5-7)12-8(10)13-9(11)14/h2-5H,1H3,(H5,10,11,12,13,14). The summed E-state index contributed by atoms with van der Waals surface area (Å²) in [6, 6.07) is 6.13. The molecule has 6 nitrogen and oxygen atoms in total. The Balaban J connectivity index is 2.57. The number of nitrogens with two attached hydrogens (primary N) is 1. The fraction of sp³-hybridized carbons (Fsp3) is 0.111. The van der Waals surface area contributed by atoms with Crippen LogP contribution in [-0.2, 0) is 0 Å². The van der Waals surface area contributed by atoms with Crippen molar-refractivity contribution in [2.75, 3.05) is 12.4 Å². The molecule has 1 rings (SSSR count). The van der Waals surface area contributed by atoms with E-state index in [0.717, 1.165) is 5.75 Å². The lowest BCUT2D eigenvalue weighted by atomic mass is 10.3. The summed E-state index contributed by atoms with van der Waals surface area (Å²) in [6.07, 6.45) is 0. The Kier molecular flexibility index (Phi) is 3.50. The number of carbonyl (C=O) groups is 1. The normalized spacial score (nSPS) is 9.13. The predicted octanol–water partition coefficient (Wildman–Crippen LogP) is 0.710. The van der Waals surface area contributed by atoms with Crippen molar-refractivity contribution in [3.8, 4) is 5.75 Å². The number of hydrogen-bond donors (Lipinski definition) is 4. The molecule has 1 aromatic carbocycles. The van der Waals surface area contributed by atoms with E-state index in [1.54, 1.807) is 31.4 Å². The number of ether oxygens (including phenoxy) is 1. The Morgan fingerprint density at radius 2 is 2.00 bits per heavy atom. The SMILES string of the molecule is COc1ccc(NC(=N)NC(N)=O)cc1. The molecule has 1 aromatic rings. The molecular formula is C9H12N4O2. The van der Waals surface area contributed by atoms with Crippen molar-refractivity contribution in [3.05, 3.63) is 24.3 Å². The molecule has 0 saturated heterocycles. The van der Waals surface area contributed by atoms with E-state index in [0.29, 0.717) is 5.69 Å². The molecule has 0 atom stereocenters. The first-order chi connectivity index (χ1) is 7.11. The minimum Gasteiger partial charge on any atom is -0.497 e. The van der Waals surface area contributed by atoms with Crippen molar-refractivity contribution in [1.29, 1.82) is 5.41 Å². The summed E-state index contributed by atoms with van der Waals surface area (Å²) in [5.74, 6) is 0.544. The number of carbonyl (C=O) groups excluding carboxylic acids is 1. The molecule has 0 aliphatic rings. The molecule has 2 amide bonds. The number of rotatable bonds is 2. The van der Waals surface area contributed by atoms with Gasteiger partial charge in [0.15, 0.2) is 0 Å². The topological polar surface area (TPSA) is 100 Å². The zero-order valence-corrected chi connectivity index (χ0v) is 8.20. The number of primary amides is 1. The van der Waals surface area contributed by atoms with Crippen LogP contribution in [0.2, 0.25) is 0 Å². The number of benzene rings is 1. The first kappa shape index (κ1) is 10.8. The van der Waals surface area contributed by atoms with E-state index in [1.165, 1.54) is 0 Å². The van der Waals surface area contributed by atoms with Gasteiger partial charge in [0.1, 0.15) is 5.75 Å². The minimum atomic E-state index is -0.777. The van der Waals surface area contributed by atoms with Crippen molar-refractivity contribution in [1.82, 2.24) is 5.32 Å². The Morgan fingerprint density at radius 3 is 2.47 bits per heavy atom. The van der Waals surface area contributed by atoms with Crippen molar-refractivity contribution < 1.29 is 9.53 Å². The van der Waals surface area contributed by atoms with Gasteiger partial charge in [-0.15, -0.1) is 0 Å². The summed E-state index contributed by atoms with van der Waals surface area (Å²) in [4.78, 5) is 10.4. The largest absolute Gasteiger partial charge is 0.497 e. The van der Waals surface area contributed by atoms with Gasteiger partial charge in [-0.1, -0.05) is 0 Å². The highest BCUT2D eigenvalue weighted by molar-refractivity contribution is 6.01. The van der Waals surface area contributed by atoms with Crippen LogP contribution in [-0.4, -0.2) is 19.1 Å².